The number of nitrogens with one attached hydrogen (secondary N) is 1. The Bertz CT molecular complexity index is 400. The van der Waals surface area contributed by atoms with E-state index in [4.69, 9.17) is 0 Å². The van der Waals surface area contributed by atoms with Crippen LogP contribution in [0.25, 0.3) is 0 Å². The number of aryl methyl sites for hydroxylation is 2. The zero-order chi connectivity index (χ0) is 13.1. The van der Waals surface area contributed by atoms with Gasteiger partial charge in [-0.15, -0.1) is 0 Å². The summed E-state index contributed by atoms with van der Waals surface area (Å²) in [5.74, 6) is 0.418. The van der Waals surface area contributed by atoms with Gasteiger partial charge in [0.2, 0.25) is 0 Å². The lowest BCUT2D eigenvalue weighted by molar-refractivity contribution is 0.110. The molecule has 2 atom stereocenters. The Balaban J connectivity index is 2.22. The molecule has 0 aromatic heterocycles. The Morgan fingerprint density at radius 1 is 1.11 bits per heavy atom. The van der Waals surface area contributed by atoms with Crippen molar-refractivity contribution in [2.24, 2.45) is 5.92 Å². The van der Waals surface area contributed by atoms with Crippen molar-refractivity contribution in [3.05, 3.63) is 34.9 Å². The van der Waals surface area contributed by atoms with Crippen LogP contribution < -0.4 is 5.32 Å². The molecule has 2 heteroatoms. The highest BCUT2D eigenvalue weighted by Crippen LogP contribution is 2.27. The van der Waals surface area contributed by atoms with Gasteiger partial charge >= 0.3 is 0 Å². The summed E-state index contributed by atoms with van der Waals surface area (Å²) in [6.45, 7) is 4.28. The van der Waals surface area contributed by atoms with Crippen LogP contribution >= 0.6 is 0 Å². The molecule has 18 heavy (non-hydrogen) atoms. The molecule has 0 amide bonds. The number of aliphatic hydroxyl groups excluding tert-OH is 1. The minimum absolute atomic E-state index is 0.117. The molecule has 0 radical (unpaired) electrons. The third-order valence-electron chi connectivity index (χ3n) is 4.11. The Kier molecular flexibility index (Phi) is 4.41. The summed E-state index contributed by atoms with van der Waals surface area (Å²) in [6.07, 6.45) is 4.54. The summed E-state index contributed by atoms with van der Waals surface area (Å²) in [5, 5.41) is 13.7. The second-order valence-corrected chi connectivity index (χ2v) is 5.74. The maximum absolute atomic E-state index is 10.5. The predicted octanol–water partition coefficient (Wildman–Crippen LogP) is 2.84. The number of hydrogen-bond donors (Lipinski definition) is 2. The summed E-state index contributed by atoms with van der Waals surface area (Å²) in [5.41, 5.74) is 3.97. The summed E-state index contributed by atoms with van der Waals surface area (Å²) in [7, 11) is 1.92. The van der Waals surface area contributed by atoms with Gasteiger partial charge in [-0.05, 0) is 55.3 Å². The van der Waals surface area contributed by atoms with Gasteiger partial charge in [-0.2, -0.15) is 0 Å². The van der Waals surface area contributed by atoms with Crippen LogP contribution in [0, 0.1) is 5.92 Å². The Hall–Kier alpha value is -0.860. The van der Waals surface area contributed by atoms with Gasteiger partial charge < -0.3 is 10.4 Å². The average molecular weight is 247 g/mol. The molecule has 0 fully saturated rings. The maximum atomic E-state index is 10.5. The lowest BCUT2D eigenvalue weighted by atomic mass is 9.87. The minimum atomic E-state index is -0.415. The van der Waals surface area contributed by atoms with Crippen molar-refractivity contribution in [1.29, 1.82) is 0 Å². The second kappa shape index (κ2) is 5.85. The van der Waals surface area contributed by atoms with Crippen molar-refractivity contribution in [3.8, 4) is 0 Å². The molecule has 0 spiro atoms. The van der Waals surface area contributed by atoms with Crippen LogP contribution in [-0.4, -0.2) is 18.2 Å². The first-order valence-electron chi connectivity index (χ1n) is 7.10. The molecule has 0 bridgehead atoms. The van der Waals surface area contributed by atoms with Crippen LogP contribution in [0.2, 0.25) is 0 Å². The van der Waals surface area contributed by atoms with Crippen molar-refractivity contribution in [2.75, 3.05) is 7.05 Å². The van der Waals surface area contributed by atoms with E-state index in [1.54, 1.807) is 0 Å². The number of aliphatic hydroxyl groups is 1. The van der Waals surface area contributed by atoms with Gasteiger partial charge in [0.15, 0.2) is 0 Å². The average Bonchev–Trinajstić information content (AvgIpc) is 2.38. The number of rotatable bonds is 4. The van der Waals surface area contributed by atoms with E-state index in [0.717, 1.165) is 5.56 Å². The van der Waals surface area contributed by atoms with Crippen LogP contribution in [0.15, 0.2) is 18.2 Å². The Morgan fingerprint density at radius 3 is 2.39 bits per heavy atom. The van der Waals surface area contributed by atoms with E-state index in [0.29, 0.717) is 5.92 Å². The highest BCUT2D eigenvalue weighted by atomic mass is 16.3. The first kappa shape index (κ1) is 13.6. The highest BCUT2D eigenvalue weighted by molar-refractivity contribution is 5.35. The third kappa shape index (κ3) is 2.76. The van der Waals surface area contributed by atoms with E-state index in [1.165, 1.54) is 36.8 Å². The van der Waals surface area contributed by atoms with E-state index >= 15 is 0 Å². The molecule has 100 valence electrons. The summed E-state index contributed by atoms with van der Waals surface area (Å²) in [6, 6.07) is 6.64. The Labute approximate surface area is 110 Å². The smallest absolute Gasteiger partial charge is 0.0945 e. The molecule has 2 N–H and O–H groups in total. The Morgan fingerprint density at radius 2 is 1.78 bits per heavy atom. The quantitative estimate of drug-likeness (QED) is 0.857. The fraction of sp³-hybridized carbons (Fsp3) is 0.625. The van der Waals surface area contributed by atoms with Gasteiger partial charge in [-0.3, -0.25) is 0 Å². The van der Waals surface area contributed by atoms with Gasteiger partial charge in [-0.25, -0.2) is 0 Å². The van der Waals surface area contributed by atoms with Crippen molar-refractivity contribution in [1.82, 2.24) is 5.32 Å². The lowest BCUT2D eigenvalue weighted by Crippen LogP contribution is -2.36. The van der Waals surface area contributed by atoms with Gasteiger partial charge in [0.25, 0.3) is 0 Å². The molecule has 0 aliphatic heterocycles. The zero-order valence-electron chi connectivity index (χ0n) is 11.7. The van der Waals surface area contributed by atoms with Crippen molar-refractivity contribution < 1.29 is 5.11 Å². The van der Waals surface area contributed by atoms with E-state index < -0.39 is 6.10 Å². The summed E-state index contributed by atoms with van der Waals surface area (Å²) in [4.78, 5) is 0. The number of hydrogen-bond acceptors (Lipinski definition) is 2. The topological polar surface area (TPSA) is 32.3 Å². The van der Waals surface area contributed by atoms with E-state index in [-0.39, 0.29) is 6.04 Å². The molecule has 2 unspecified atom stereocenters. The first-order valence-corrected chi connectivity index (χ1v) is 7.10. The predicted molar refractivity (Wildman–Crippen MR) is 75.7 cm³/mol. The monoisotopic (exact) mass is 247 g/mol. The lowest BCUT2D eigenvalue weighted by Gasteiger charge is -2.27. The fourth-order valence-electron chi connectivity index (χ4n) is 3.00. The van der Waals surface area contributed by atoms with Crippen LogP contribution in [0.4, 0.5) is 0 Å². The van der Waals surface area contributed by atoms with Crippen molar-refractivity contribution in [2.45, 2.75) is 51.7 Å². The molecule has 0 heterocycles. The minimum Gasteiger partial charge on any atom is -0.387 e. The SMILES string of the molecule is CNC(C(C)C)C(O)c1ccc2c(c1)CCCC2. The van der Waals surface area contributed by atoms with Crippen LogP contribution in [0.5, 0.6) is 0 Å². The van der Waals surface area contributed by atoms with E-state index in [9.17, 15) is 5.11 Å². The molecule has 1 aliphatic carbocycles. The third-order valence-corrected chi connectivity index (χ3v) is 4.11. The standard InChI is InChI=1S/C16H25NO/c1-11(2)15(17-3)16(18)14-9-8-12-6-4-5-7-13(12)10-14/h8-11,15-18H,4-7H2,1-3H3. The fourth-order valence-corrected chi connectivity index (χ4v) is 3.00. The number of likely N-dealkylation sites (N-methyl/N-ethyl adjacent to an activating group) is 1. The van der Waals surface area contributed by atoms with Crippen LogP contribution in [-0.2, 0) is 12.8 Å². The molecule has 0 saturated heterocycles. The molecule has 2 nitrogen and oxygen atoms in total. The zero-order valence-corrected chi connectivity index (χ0v) is 11.7. The molecular formula is C16H25NO. The molecule has 1 aromatic rings. The van der Waals surface area contributed by atoms with Gasteiger partial charge in [0, 0.05) is 6.04 Å². The molecule has 1 aromatic carbocycles. The second-order valence-electron chi connectivity index (χ2n) is 5.74. The molecular weight excluding hydrogens is 222 g/mol. The first-order chi connectivity index (χ1) is 8.63. The van der Waals surface area contributed by atoms with Crippen LogP contribution in [0.1, 0.15) is 49.5 Å². The highest BCUT2D eigenvalue weighted by Gasteiger charge is 2.23. The van der Waals surface area contributed by atoms with Crippen LogP contribution in [0.3, 0.4) is 0 Å². The van der Waals surface area contributed by atoms with Gasteiger partial charge in [-0.1, -0.05) is 32.0 Å². The van der Waals surface area contributed by atoms with E-state index in [2.05, 4.69) is 37.4 Å². The largest absolute Gasteiger partial charge is 0.387 e. The number of benzene rings is 1. The van der Waals surface area contributed by atoms with E-state index in [1.807, 2.05) is 7.05 Å². The molecule has 2 rings (SSSR count). The molecule has 1 aliphatic rings. The van der Waals surface area contributed by atoms with Gasteiger partial charge in [0.1, 0.15) is 0 Å². The maximum Gasteiger partial charge on any atom is 0.0945 e. The van der Waals surface area contributed by atoms with Crippen molar-refractivity contribution >= 4 is 0 Å². The van der Waals surface area contributed by atoms with Crippen molar-refractivity contribution in [3.63, 3.8) is 0 Å². The summed E-state index contributed by atoms with van der Waals surface area (Å²) >= 11 is 0. The number of fused-ring (bicyclic) bond motifs is 1. The van der Waals surface area contributed by atoms with Gasteiger partial charge in [0.05, 0.1) is 6.10 Å². The molecule has 0 saturated carbocycles. The summed E-state index contributed by atoms with van der Waals surface area (Å²) < 4.78 is 0. The normalized spacial score (nSPS) is 18.5.